The zero-order chi connectivity index (χ0) is 18.1. The highest BCUT2D eigenvalue weighted by Gasteiger charge is 2.37. The number of halogens is 4. The molecule has 130 valence electrons. The molecular weight excluding hydrogens is 351 g/mol. The molecule has 0 bridgehead atoms. The number of esters is 1. The van der Waals surface area contributed by atoms with E-state index in [9.17, 15) is 22.8 Å². The van der Waals surface area contributed by atoms with Crippen molar-refractivity contribution in [3.05, 3.63) is 34.0 Å². The number of rotatable bonds is 5. The first-order valence-electron chi connectivity index (χ1n) is 6.96. The van der Waals surface area contributed by atoms with Crippen molar-refractivity contribution in [1.82, 2.24) is 4.98 Å². The Labute approximate surface area is 139 Å². The van der Waals surface area contributed by atoms with Gasteiger partial charge in [0.2, 0.25) is 0 Å². The van der Waals surface area contributed by atoms with Crippen molar-refractivity contribution >= 4 is 34.4 Å². The van der Waals surface area contributed by atoms with Gasteiger partial charge in [-0.05, 0) is 31.0 Å². The minimum atomic E-state index is -4.76. The van der Waals surface area contributed by atoms with Crippen LogP contribution in [0.1, 0.15) is 35.0 Å². The van der Waals surface area contributed by atoms with Crippen LogP contribution in [0.4, 0.5) is 13.2 Å². The highest BCUT2D eigenvalue weighted by Crippen LogP contribution is 2.42. The van der Waals surface area contributed by atoms with Crippen LogP contribution >= 0.6 is 11.6 Å². The zero-order valence-corrected chi connectivity index (χ0v) is 13.2. The second kappa shape index (κ2) is 6.72. The van der Waals surface area contributed by atoms with E-state index in [4.69, 9.17) is 21.4 Å². The van der Waals surface area contributed by atoms with Crippen LogP contribution < -0.4 is 0 Å². The van der Waals surface area contributed by atoms with Crippen molar-refractivity contribution in [1.29, 1.82) is 0 Å². The molecule has 0 atom stereocenters. The van der Waals surface area contributed by atoms with Crippen molar-refractivity contribution in [3.63, 3.8) is 0 Å². The predicted octanol–water partition coefficient (Wildman–Crippen LogP) is 4.03. The molecule has 0 radical (unpaired) electrons. The van der Waals surface area contributed by atoms with Gasteiger partial charge in [0.1, 0.15) is 5.69 Å². The maximum atomic E-state index is 13.4. The number of hydrogen-bond acceptors (Lipinski definition) is 3. The van der Waals surface area contributed by atoms with Gasteiger partial charge in [-0.3, -0.25) is 4.79 Å². The topological polar surface area (TPSA) is 79.4 Å². The van der Waals surface area contributed by atoms with Gasteiger partial charge >= 0.3 is 18.1 Å². The molecule has 0 saturated heterocycles. The third kappa shape index (κ3) is 3.48. The second-order valence-electron chi connectivity index (χ2n) is 4.94. The first kappa shape index (κ1) is 18.1. The number of hydrogen-bond donors (Lipinski definition) is 2. The Morgan fingerprint density at radius 2 is 2.00 bits per heavy atom. The third-order valence-corrected chi connectivity index (χ3v) is 3.68. The summed E-state index contributed by atoms with van der Waals surface area (Å²) in [7, 11) is 0. The number of aromatic nitrogens is 1. The summed E-state index contributed by atoms with van der Waals surface area (Å²) >= 11 is 5.71. The number of H-pyrrole nitrogens is 1. The highest BCUT2D eigenvalue weighted by molar-refractivity contribution is 6.32. The predicted molar refractivity (Wildman–Crippen MR) is 80.2 cm³/mol. The maximum Gasteiger partial charge on any atom is 0.418 e. The Balaban J connectivity index is 2.77. The SMILES string of the molecule is CCOC(=O)c1[nH]c2ccc(Cl)c(C(F)(F)F)c2c1CCC(=O)O. The van der Waals surface area contributed by atoms with Gasteiger partial charge in [0, 0.05) is 17.3 Å². The Kier molecular flexibility index (Phi) is 5.08. The molecule has 9 heteroatoms. The number of carboxylic acids is 1. The van der Waals surface area contributed by atoms with Crippen LogP contribution in [0, 0.1) is 0 Å². The summed E-state index contributed by atoms with van der Waals surface area (Å²) in [6.07, 6.45) is -5.47. The van der Waals surface area contributed by atoms with Crippen LogP contribution in [-0.2, 0) is 22.1 Å². The molecule has 0 aliphatic heterocycles. The van der Waals surface area contributed by atoms with E-state index in [2.05, 4.69) is 4.98 Å². The van der Waals surface area contributed by atoms with Crippen molar-refractivity contribution in [2.24, 2.45) is 0 Å². The van der Waals surface area contributed by atoms with Gasteiger partial charge in [-0.2, -0.15) is 13.2 Å². The Bertz CT molecular complexity index is 798. The van der Waals surface area contributed by atoms with Gasteiger partial charge in [0.05, 0.1) is 17.2 Å². The summed E-state index contributed by atoms with van der Waals surface area (Å²) < 4.78 is 45.0. The number of carboxylic acid groups (broad SMARTS) is 1. The first-order chi connectivity index (χ1) is 11.2. The van der Waals surface area contributed by atoms with Crippen LogP contribution in [0.2, 0.25) is 5.02 Å². The smallest absolute Gasteiger partial charge is 0.418 e. The Hall–Kier alpha value is -2.22. The first-order valence-corrected chi connectivity index (χ1v) is 7.33. The van der Waals surface area contributed by atoms with Gasteiger partial charge in [-0.25, -0.2) is 4.79 Å². The molecular formula is C15H13ClF3NO4. The fraction of sp³-hybridized carbons (Fsp3) is 0.333. The molecule has 1 aromatic heterocycles. The van der Waals surface area contributed by atoms with Crippen molar-refractivity contribution in [3.8, 4) is 0 Å². The number of alkyl halides is 3. The van der Waals surface area contributed by atoms with E-state index < -0.39 is 35.1 Å². The van der Waals surface area contributed by atoms with E-state index in [0.29, 0.717) is 0 Å². The number of carbonyl (C=O) groups excluding carboxylic acids is 1. The molecule has 0 amide bonds. The monoisotopic (exact) mass is 363 g/mol. The molecule has 0 saturated carbocycles. The molecule has 2 rings (SSSR count). The molecule has 2 aromatic rings. The summed E-state index contributed by atoms with van der Waals surface area (Å²) in [6, 6.07) is 2.37. The summed E-state index contributed by atoms with van der Waals surface area (Å²) in [5.74, 6) is -2.05. The molecule has 1 heterocycles. The Morgan fingerprint density at radius 1 is 1.33 bits per heavy atom. The zero-order valence-electron chi connectivity index (χ0n) is 12.5. The number of aliphatic carboxylic acids is 1. The average Bonchev–Trinajstić information content (AvgIpc) is 2.82. The normalized spacial score (nSPS) is 11.7. The lowest BCUT2D eigenvalue weighted by Gasteiger charge is -2.12. The fourth-order valence-electron chi connectivity index (χ4n) is 2.47. The molecule has 2 N–H and O–H groups in total. The molecule has 0 spiro atoms. The van der Waals surface area contributed by atoms with E-state index >= 15 is 0 Å². The molecule has 0 unspecified atom stereocenters. The van der Waals surface area contributed by atoms with Crippen LogP contribution in [-0.4, -0.2) is 28.6 Å². The quantitative estimate of drug-likeness (QED) is 0.786. The lowest BCUT2D eigenvalue weighted by molar-refractivity contribution is -0.137. The van der Waals surface area contributed by atoms with E-state index in [1.165, 1.54) is 6.07 Å². The van der Waals surface area contributed by atoms with Crippen LogP contribution in [0.25, 0.3) is 10.9 Å². The van der Waals surface area contributed by atoms with E-state index in [1.807, 2.05) is 0 Å². The molecule has 0 aliphatic rings. The van der Waals surface area contributed by atoms with Gasteiger partial charge in [0.25, 0.3) is 0 Å². The number of carbonyl (C=O) groups is 2. The van der Waals surface area contributed by atoms with Crippen LogP contribution in [0.15, 0.2) is 12.1 Å². The van der Waals surface area contributed by atoms with Crippen molar-refractivity contribution in [2.75, 3.05) is 6.61 Å². The van der Waals surface area contributed by atoms with Crippen molar-refractivity contribution in [2.45, 2.75) is 25.9 Å². The minimum absolute atomic E-state index is 0.0272. The summed E-state index contributed by atoms with van der Waals surface area (Å²) in [4.78, 5) is 25.4. The highest BCUT2D eigenvalue weighted by atomic mass is 35.5. The van der Waals surface area contributed by atoms with Gasteiger partial charge in [-0.15, -0.1) is 0 Å². The largest absolute Gasteiger partial charge is 0.481 e. The molecule has 0 aliphatic carbocycles. The van der Waals surface area contributed by atoms with Gasteiger partial charge in [-0.1, -0.05) is 11.6 Å². The van der Waals surface area contributed by atoms with Gasteiger partial charge in [0.15, 0.2) is 0 Å². The number of aryl methyl sites for hydroxylation is 1. The fourth-order valence-corrected chi connectivity index (χ4v) is 2.73. The number of nitrogens with one attached hydrogen (secondary N) is 1. The molecule has 0 fully saturated rings. The van der Waals surface area contributed by atoms with Crippen LogP contribution in [0.3, 0.4) is 0 Å². The summed E-state index contributed by atoms with van der Waals surface area (Å²) in [5, 5.41) is 7.99. The lowest BCUT2D eigenvalue weighted by Crippen LogP contribution is -2.11. The Morgan fingerprint density at radius 3 is 2.54 bits per heavy atom. The third-order valence-electron chi connectivity index (χ3n) is 3.37. The van der Waals surface area contributed by atoms with E-state index in [1.54, 1.807) is 6.92 Å². The lowest BCUT2D eigenvalue weighted by atomic mass is 10.0. The summed E-state index contributed by atoms with van der Waals surface area (Å²) in [6.45, 7) is 1.58. The van der Waals surface area contributed by atoms with Gasteiger partial charge < -0.3 is 14.8 Å². The number of ether oxygens (including phenoxy) is 1. The standard InChI is InChI=1S/C15H13ClF3NO4/c1-2-24-14(23)13-7(3-6-10(21)22)11-9(20-13)5-4-8(16)12(11)15(17,18)19/h4-5,20H,2-3,6H2,1H3,(H,21,22). The van der Waals surface area contributed by atoms with Crippen LogP contribution in [0.5, 0.6) is 0 Å². The summed E-state index contributed by atoms with van der Waals surface area (Å²) in [5.41, 5.74) is -1.33. The minimum Gasteiger partial charge on any atom is -0.481 e. The molecule has 5 nitrogen and oxygen atoms in total. The molecule has 24 heavy (non-hydrogen) atoms. The van der Waals surface area contributed by atoms with E-state index in [-0.39, 0.29) is 35.2 Å². The van der Waals surface area contributed by atoms with Crippen molar-refractivity contribution < 1.29 is 32.6 Å². The maximum absolute atomic E-state index is 13.4. The number of aromatic amines is 1. The average molecular weight is 364 g/mol. The number of fused-ring (bicyclic) bond motifs is 1. The molecule has 1 aromatic carbocycles. The second-order valence-corrected chi connectivity index (χ2v) is 5.34. The number of benzene rings is 1. The van der Waals surface area contributed by atoms with E-state index in [0.717, 1.165) is 6.07 Å².